The van der Waals surface area contributed by atoms with Crippen molar-refractivity contribution in [1.29, 1.82) is 0 Å². The van der Waals surface area contributed by atoms with Gasteiger partial charge in [0.25, 0.3) is 0 Å². The first-order chi connectivity index (χ1) is 8.77. The van der Waals surface area contributed by atoms with E-state index in [0.717, 1.165) is 45.4 Å². The Labute approximate surface area is 108 Å². The molecule has 18 heavy (non-hydrogen) atoms. The van der Waals surface area contributed by atoms with Crippen LogP contribution in [0.2, 0.25) is 0 Å². The van der Waals surface area contributed by atoms with E-state index in [-0.39, 0.29) is 12.1 Å². The summed E-state index contributed by atoms with van der Waals surface area (Å²) in [5, 5.41) is 3.39. The van der Waals surface area contributed by atoms with E-state index in [2.05, 4.69) is 5.32 Å². The fourth-order valence-electron chi connectivity index (χ4n) is 2.71. The lowest BCUT2D eigenvalue weighted by Gasteiger charge is -2.31. The van der Waals surface area contributed by atoms with Crippen LogP contribution in [0.4, 0.5) is 0 Å². The number of carbonyl (C=O) groups is 1. The van der Waals surface area contributed by atoms with Crippen molar-refractivity contribution in [2.75, 3.05) is 33.5 Å². The summed E-state index contributed by atoms with van der Waals surface area (Å²) in [6.07, 6.45) is 4.74. The number of carbonyl (C=O) groups excluding carboxylic acids is 1. The van der Waals surface area contributed by atoms with Crippen LogP contribution in [0.25, 0.3) is 0 Å². The normalized spacial score (nSPS) is 33.1. The van der Waals surface area contributed by atoms with Crippen molar-refractivity contribution >= 4 is 5.97 Å². The highest BCUT2D eigenvalue weighted by Gasteiger charge is 2.40. The Kier molecular flexibility index (Phi) is 4.97. The van der Waals surface area contributed by atoms with E-state index < -0.39 is 5.54 Å². The molecule has 0 spiro atoms. The molecule has 0 aliphatic carbocycles. The smallest absolute Gasteiger partial charge is 0.326 e. The van der Waals surface area contributed by atoms with E-state index in [0.29, 0.717) is 13.0 Å². The van der Waals surface area contributed by atoms with Crippen molar-refractivity contribution in [2.45, 2.75) is 43.7 Å². The first-order valence-corrected chi connectivity index (χ1v) is 6.80. The standard InChI is InChI=1S/C13H23NO4/c1-16-12(15)13(5-3-7-17-9-6-13)14-10-11-4-2-8-18-11/h11,14H,2-10H2,1H3. The molecular weight excluding hydrogens is 234 g/mol. The summed E-state index contributed by atoms with van der Waals surface area (Å²) in [6.45, 7) is 2.88. The van der Waals surface area contributed by atoms with Gasteiger partial charge in [-0.2, -0.15) is 0 Å². The van der Waals surface area contributed by atoms with Gasteiger partial charge in [-0.3, -0.25) is 10.1 Å². The second-order valence-electron chi connectivity index (χ2n) is 5.06. The van der Waals surface area contributed by atoms with Crippen LogP contribution in [-0.2, 0) is 19.0 Å². The molecule has 5 nitrogen and oxygen atoms in total. The van der Waals surface area contributed by atoms with Gasteiger partial charge in [-0.25, -0.2) is 0 Å². The lowest BCUT2D eigenvalue weighted by molar-refractivity contribution is -0.149. The third kappa shape index (κ3) is 3.22. The van der Waals surface area contributed by atoms with E-state index >= 15 is 0 Å². The Morgan fingerprint density at radius 1 is 1.33 bits per heavy atom. The first kappa shape index (κ1) is 13.8. The zero-order valence-electron chi connectivity index (χ0n) is 11.1. The van der Waals surface area contributed by atoms with Crippen molar-refractivity contribution in [1.82, 2.24) is 5.32 Å². The van der Waals surface area contributed by atoms with Gasteiger partial charge in [0.05, 0.1) is 13.2 Å². The molecule has 0 bridgehead atoms. The Balaban J connectivity index is 1.96. The second kappa shape index (κ2) is 6.50. The first-order valence-electron chi connectivity index (χ1n) is 6.80. The summed E-state index contributed by atoms with van der Waals surface area (Å²) in [5.74, 6) is -0.175. The molecule has 2 atom stereocenters. The van der Waals surface area contributed by atoms with Crippen LogP contribution in [0.3, 0.4) is 0 Å². The Bertz CT molecular complexity index is 268. The Morgan fingerprint density at radius 3 is 2.94 bits per heavy atom. The number of hydrogen-bond acceptors (Lipinski definition) is 5. The average Bonchev–Trinajstić information content (AvgIpc) is 2.80. The highest BCUT2D eigenvalue weighted by atomic mass is 16.5. The molecule has 2 aliphatic rings. The zero-order valence-corrected chi connectivity index (χ0v) is 11.1. The molecule has 2 aliphatic heterocycles. The van der Waals surface area contributed by atoms with Gasteiger partial charge in [0.2, 0.25) is 0 Å². The molecule has 2 fully saturated rings. The largest absolute Gasteiger partial charge is 0.468 e. The predicted octanol–water partition coefficient (Wildman–Crippen LogP) is 0.867. The van der Waals surface area contributed by atoms with Crippen LogP contribution < -0.4 is 5.32 Å². The minimum atomic E-state index is -0.586. The maximum absolute atomic E-state index is 12.1. The van der Waals surface area contributed by atoms with Gasteiger partial charge in [0, 0.05) is 26.4 Å². The van der Waals surface area contributed by atoms with E-state index in [9.17, 15) is 4.79 Å². The maximum Gasteiger partial charge on any atom is 0.326 e. The molecule has 2 heterocycles. The highest BCUT2D eigenvalue weighted by Crippen LogP contribution is 2.24. The van der Waals surface area contributed by atoms with Crippen molar-refractivity contribution < 1.29 is 19.0 Å². The third-order valence-electron chi connectivity index (χ3n) is 3.83. The minimum absolute atomic E-state index is 0.175. The van der Waals surface area contributed by atoms with Crippen LogP contribution in [0, 0.1) is 0 Å². The minimum Gasteiger partial charge on any atom is -0.468 e. The van der Waals surface area contributed by atoms with E-state index in [4.69, 9.17) is 14.2 Å². The number of rotatable bonds is 4. The lowest BCUT2D eigenvalue weighted by Crippen LogP contribution is -2.54. The Hall–Kier alpha value is -0.650. The van der Waals surface area contributed by atoms with Crippen LogP contribution in [0.15, 0.2) is 0 Å². The molecule has 2 unspecified atom stereocenters. The average molecular weight is 257 g/mol. The SMILES string of the molecule is COC(=O)C1(NCC2CCCO2)CCCOCC1. The van der Waals surface area contributed by atoms with Crippen molar-refractivity contribution in [3.8, 4) is 0 Å². The molecule has 0 saturated carbocycles. The topological polar surface area (TPSA) is 56.8 Å². The Morgan fingerprint density at radius 2 is 2.22 bits per heavy atom. The van der Waals surface area contributed by atoms with Gasteiger partial charge < -0.3 is 14.2 Å². The van der Waals surface area contributed by atoms with Crippen LogP contribution >= 0.6 is 0 Å². The quantitative estimate of drug-likeness (QED) is 0.757. The van der Waals surface area contributed by atoms with Crippen LogP contribution in [0.1, 0.15) is 32.1 Å². The molecule has 2 saturated heterocycles. The summed E-state index contributed by atoms with van der Waals surface area (Å²) >= 11 is 0. The van der Waals surface area contributed by atoms with Gasteiger partial charge in [-0.15, -0.1) is 0 Å². The molecule has 0 radical (unpaired) electrons. The fourth-order valence-corrected chi connectivity index (χ4v) is 2.71. The number of ether oxygens (including phenoxy) is 3. The van der Waals surface area contributed by atoms with Crippen molar-refractivity contribution in [3.05, 3.63) is 0 Å². The molecule has 2 rings (SSSR count). The van der Waals surface area contributed by atoms with Crippen LogP contribution in [-0.4, -0.2) is 51.1 Å². The number of nitrogens with one attached hydrogen (secondary N) is 1. The molecule has 1 N–H and O–H groups in total. The van der Waals surface area contributed by atoms with Crippen molar-refractivity contribution in [3.63, 3.8) is 0 Å². The van der Waals surface area contributed by atoms with Gasteiger partial charge in [0.1, 0.15) is 5.54 Å². The molecule has 0 aromatic heterocycles. The van der Waals surface area contributed by atoms with E-state index in [1.165, 1.54) is 7.11 Å². The van der Waals surface area contributed by atoms with E-state index in [1.807, 2.05) is 0 Å². The fraction of sp³-hybridized carbons (Fsp3) is 0.923. The molecule has 0 aromatic rings. The van der Waals surface area contributed by atoms with E-state index in [1.54, 1.807) is 0 Å². The maximum atomic E-state index is 12.1. The molecule has 0 amide bonds. The molecular formula is C13H23NO4. The predicted molar refractivity (Wildman–Crippen MR) is 66.4 cm³/mol. The monoisotopic (exact) mass is 257 g/mol. The third-order valence-corrected chi connectivity index (χ3v) is 3.83. The number of hydrogen-bond donors (Lipinski definition) is 1. The number of esters is 1. The van der Waals surface area contributed by atoms with Gasteiger partial charge in [0.15, 0.2) is 0 Å². The van der Waals surface area contributed by atoms with Gasteiger partial charge in [-0.05, 0) is 32.1 Å². The second-order valence-corrected chi connectivity index (χ2v) is 5.06. The summed E-state index contributed by atoms with van der Waals surface area (Å²) in [7, 11) is 1.45. The zero-order chi connectivity index (χ0) is 12.8. The molecule has 5 heteroatoms. The summed E-state index contributed by atoms with van der Waals surface area (Å²) in [6, 6.07) is 0. The molecule has 0 aromatic carbocycles. The van der Waals surface area contributed by atoms with Crippen LogP contribution in [0.5, 0.6) is 0 Å². The summed E-state index contributed by atoms with van der Waals surface area (Å²) in [4.78, 5) is 12.1. The number of methoxy groups -OCH3 is 1. The van der Waals surface area contributed by atoms with Gasteiger partial charge >= 0.3 is 5.97 Å². The summed E-state index contributed by atoms with van der Waals surface area (Å²) < 4.78 is 16.0. The molecule has 104 valence electrons. The highest BCUT2D eigenvalue weighted by molar-refractivity contribution is 5.80. The lowest BCUT2D eigenvalue weighted by atomic mass is 9.90. The van der Waals surface area contributed by atoms with Gasteiger partial charge in [-0.1, -0.05) is 0 Å². The van der Waals surface area contributed by atoms with Crippen molar-refractivity contribution in [2.24, 2.45) is 0 Å². The summed E-state index contributed by atoms with van der Waals surface area (Å²) in [5.41, 5.74) is -0.586.